The third kappa shape index (κ3) is 2.96. The number of nitrogens with zero attached hydrogens (tertiary/aromatic N) is 3. The van der Waals surface area contributed by atoms with Gasteiger partial charge in [0.15, 0.2) is 0 Å². The van der Waals surface area contributed by atoms with E-state index in [1.807, 2.05) is 23.0 Å². The number of aromatic nitrogens is 3. The van der Waals surface area contributed by atoms with Gasteiger partial charge in [0.25, 0.3) is 0 Å². The van der Waals surface area contributed by atoms with Gasteiger partial charge < -0.3 is 5.73 Å². The zero-order chi connectivity index (χ0) is 13.0. The van der Waals surface area contributed by atoms with Gasteiger partial charge in [-0.1, -0.05) is 42.8 Å². The van der Waals surface area contributed by atoms with Gasteiger partial charge in [-0.15, -0.1) is 5.10 Å². The third-order valence-corrected chi connectivity index (χ3v) is 3.13. The van der Waals surface area contributed by atoms with E-state index in [0.717, 1.165) is 25.1 Å². The molecule has 0 saturated heterocycles. The number of rotatable bonds is 5. The summed E-state index contributed by atoms with van der Waals surface area (Å²) in [4.78, 5) is 0. The summed E-state index contributed by atoms with van der Waals surface area (Å²) in [6, 6.07) is 8.31. The maximum atomic E-state index is 6.03. The van der Waals surface area contributed by atoms with E-state index in [4.69, 9.17) is 5.73 Å². The van der Waals surface area contributed by atoms with Crippen LogP contribution in [0.5, 0.6) is 0 Å². The molecule has 0 aliphatic rings. The Labute approximate surface area is 108 Å². The maximum absolute atomic E-state index is 6.03. The topological polar surface area (TPSA) is 56.7 Å². The maximum Gasteiger partial charge on any atom is 0.0994 e. The fraction of sp³-hybridized carbons (Fsp3) is 0.429. The van der Waals surface area contributed by atoms with Crippen LogP contribution in [0, 0.1) is 6.92 Å². The highest BCUT2D eigenvalue weighted by Crippen LogP contribution is 2.13. The van der Waals surface area contributed by atoms with Gasteiger partial charge in [0.2, 0.25) is 0 Å². The standard InChI is InChI=1S/C14H20N4/c1-3-6-13(15)14-10-18(17-16-14)9-12-8-5-4-7-11(12)2/h4-5,7-8,10,13H,3,6,9,15H2,1-2H3. The molecule has 2 rings (SSSR count). The minimum Gasteiger partial charge on any atom is -0.323 e. The molecule has 1 unspecified atom stereocenters. The highest BCUT2D eigenvalue weighted by atomic mass is 15.4. The number of aryl methyl sites for hydroxylation is 1. The zero-order valence-corrected chi connectivity index (χ0v) is 11.0. The van der Waals surface area contributed by atoms with Crippen LogP contribution < -0.4 is 5.73 Å². The van der Waals surface area contributed by atoms with Crippen molar-refractivity contribution < 1.29 is 0 Å². The van der Waals surface area contributed by atoms with E-state index in [0.29, 0.717) is 0 Å². The van der Waals surface area contributed by atoms with Gasteiger partial charge in [-0.3, -0.25) is 0 Å². The summed E-state index contributed by atoms with van der Waals surface area (Å²) in [7, 11) is 0. The molecule has 0 saturated carbocycles. The van der Waals surface area contributed by atoms with Crippen LogP contribution in [0.3, 0.4) is 0 Å². The lowest BCUT2D eigenvalue weighted by atomic mass is 10.1. The monoisotopic (exact) mass is 244 g/mol. The number of hydrogen-bond donors (Lipinski definition) is 1. The van der Waals surface area contributed by atoms with Gasteiger partial charge in [0, 0.05) is 0 Å². The lowest BCUT2D eigenvalue weighted by molar-refractivity contribution is 0.617. The van der Waals surface area contributed by atoms with E-state index in [2.05, 4.69) is 36.3 Å². The van der Waals surface area contributed by atoms with Crippen LogP contribution in [-0.2, 0) is 6.54 Å². The summed E-state index contributed by atoms with van der Waals surface area (Å²) >= 11 is 0. The molecule has 18 heavy (non-hydrogen) atoms. The number of hydrogen-bond acceptors (Lipinski definition) is 3. The average Bonchev–Trinajstić information content (AvgIpc) is 2.81. The quantitative estimate of drug-likeness (QED) is 0.878. The molecule has 4 nitrogen and oxygen atoms in total. The largest absolute Gasteiger partial charge is 0.323 e. The van der Waals surface area contributed by atoms with Gasteiger partial charge in [0.1, 0.15) is 0 Å². The van der Waals surface area contributed by atoms with Crippen LogP contribution >= 0.6 is 0 Å². The predicted octanol–water partition coefficient (Wildman–Crippen LogP) is 2.43. The molecule has 2 N–H and O–H groups in total. The first-order valence-electron chi connectivity index (χ1n) is 6.40. The van der Waals surface area contributed by atoms with Crippen molar-refractivity contribution in [3.05, 3.63) is 47.3 Å². The van der Waals surface area contributed by atoms with Gasteiger partial charge in [0.05, 0.1) is 24.5 Å². The minimum absolute atomic E-state index is 0.000574. The number of benzene rings is 1. The van der Waals surface area contributed by atoms with E-state index in [9.17, 15) is 0 Å². The van der Waals surface area contributed by atoms with Crippen LogP contribution in [0.1, 0.15) is 42.6 Å². The second-order valence-electron chi connectivity index (χ2n) is 4.66. The predicted molar refractivity (Wildman–Crippen MR) is 72.1 cm³/mol. The van der Waals surface area contributed by atoms with Crippen LogP contribution in [0.25, 0.3) is 0 Å². The lowest BCUT2D eigenvalue weighted by Gasteiger charge is -2.05. The van der Waals surface area contributed by atoms with Crippen molar-refractivity contribution in [1.82, 2.24) is 15.0 Å². The normalized spacial score (nSPS) is 12.6. The molecule has 0 fully saturated rings. The van der Waals surface area contributed by atoms with Crippen molar-refractivity contribution in [2.75, 3.05) is 0 Å². The van der Waals surface area contributed by atoms with E-state index in [-0.39, 0.29) is 6.04 Å². The second-order valence-corrected chi connectivity index (χ2v) is 4.66. The third-order valence-electron chi connectivity index (χ3n) is 3.13. The first-order valence-corrected chi connectivity index (χ1v) is 6.40. The first-order chi connectivity index (χ1) is 8.70. The Hall–Kier alpha value is -1.68. The van der Waals surface area contributed by atoms with Gasteiger partial charge in [-0.05, 0) is 24.5 Å². The molecule has 96 valence electrons. The molecule has 0 radical (unpaired) electrons. The van der Waals surface area contributed by atoms with Crippen LogP contribution in [0.2, 0.25) is 0 Å². The molecule has 1 aromatic carbocycles. The summed E-state index contributed by atoms with van der Waals surface area (Å²) in [6.07, 6.45) is 3.96. The number of nitrogens with two attached hydrogens (primary N) is 1. The molecular weight excluding hydrogens is 224 g/mol. The second kappa shape index (κ2) is 5.78. The Morgan fingerprint density at radius 1 is 1.33 bits per heavy atom. The zero-order valence-electron chi connectivity index (χ0n) is 11.0. The summed E-state index contributed by atoms with van der Waals surface area (Å²) in [5.74, 6) is 0. The molecule has 0 aliphatic carbocycles. The Bertz CT molecular complexity index is 504. The van der Waals surface area contributed by atoms with E-state index >= 15 is 0 Å². The van der Waals surface area contributed by atoms with Crippen molar-refractivity contribution in [3.63, 3.8) is 0 Å². The van der Waals surface area contributed by atoms with Crippen LogP contribution in [-0.4, -0.2) is 15.0 Å². The average molecular weight is 244 g/mol. The molecular formula is C14H20N4. The summed E-state index contributed by atoms with van der Waals surface area (Å²) in [6.45, 7) is 4.98. The Balaban J connectivity index is 2.09. The SMILES string of the molecule is CCCC(N)c1cn(Cc2ccccc2C)nn1. The van der Waals surface area contributed by atoms with E-state index in [1.54, 1.807) is 0 Å². The molecule has 2 aromatic rings. The Morgan fingerprint density at radius 3 is 2.83 bits per heavy atom. The molecule has 1 aromatic heterocycles. The van der Waals surface area contributed by atoms with Crippen molar-refractivity contribution in [1.29, 1.82) is 0 Å². The highest BCUT2D eigenvalue weighted by Gasteiger charge is 2.09. The molecule has 1 atom stereocenters. The lowest BCUT2D eigenvalue weighted by Crippen LogP contribution is -2.10. The van der Waals surface area contributed by atoms with E-state index in [1.165, 1.54) is 11.1 Å². The molecule has 4 heteroatoms. The Morgan fingerprint density at radius 2 is 2.11 bits per heavy atom. The smallest absolute Gasteiger partial charge is 0.0994 e. The van der Waals surface area contributed by atoms with Gasteiger partial charge in [-0.2, -0.15) is 0 Å². The van der Waals surface area contributed by atoms with Crippen molar-refractivity contribution in [3.8, 4) is 0 Å². The first kappa shape index (κ1) is 12.8. The van der Waals surface area contributed by atoms with Gasteiger partial charge in [-0.25, -0.2) is 4.68 Å². The van der Waals surface area contributed by atoms with Crippen LogP contribution in [0.4, 0.5) is 0 Å². The summed E-state index contributed by atoms with van der Waals surface area (Å²) in [5.41, 5.74) is 9.44. The van der Waals surface area contributed by atoms with Crippen LogP contribution in [0.15, 0.2) is 30.5 Å². The fourth-order valence-corrected chi connectivity index (χ4v) is 1.98. The van der Waals surface area contributed by atoms with E-state index < -0.39 is 0 Å². The molecule has 0 spiro atoms. The highest BCUT2D eigenvalue weighted by molar-refractivity contribution is 5.25. The van der Waals surface area contributed by atoms with Crippen molar-refractivity contribution in [2.24, 2.45) is 5.73 Å². The van der Waals surface area contributed by atoms with Crippen molar-refractivity contribution in [2.45, 2.75) is 39.3 Å². The van der Waals surface area contributed by atoms with Gasteiger partial charge >= 0.3 is 0 Å². The summed E-state index contributed by atoms with van der Waals surface area (Å²) < 4.78 is 1.85. The van der Waals surface area contributed by atoms with Crippen molar-refractivity contribution >= 4 is 0 Å². The molecule has 0 bridgehead atoms. The fourth-order valence-electron chi connectivity index (χ4n) is 1.98. The summed E-state index contributed by atoms with van der Waals surface area (Å²) in [5, 5.41) is 8.29. The molecule has 0 amide bonds. The Kier molecular flexibility index (Phi) is 4.10. The molecule has 0 aliphatic heterocycles. The minimum atomic E-state index is 0.000574. The molecule has 1 heterocycles.